The van der Waals surface area contributed by atoms with E-state index in [1.807, 2.05) is 24.1 Å². The predicted octanol–water partition coefficient (Wildman–Crippen LogP) is 3.76. The lowest BCUT2D eigenvalue weighted by Gasteiger charge is -2.27. The number of urea groups is 1. The number of nitrogens with zero attached hydrogens (tertiary/aromatic N) is 1. The van der Waals surface area contributed by atoms with Crippen molar-refractivity contribution < 1.29 is 4.79 Å². The van der Waals surface area contributed by atoms with Gasteiger partial charge in [0.2, 0.25) is 0 Å². The molecule has 0 aliphatic heterocycles. The zero-order valence-electron chi connectivity index (χ0n) is 13.4. The monoisotopic (exact) mass is 289 g/mol. The van der Waals surface area contributed by atoms with E-state index in [2.05, 4.69) is 36.6 Å². The van der Waals surface area contributed by atoms with E-state index in [1.54, 1.807) is 0 Å². The normalized spacial score (nSPS) is 16.7. The van der Waals surface area contributed by atoms with E-state index in [0.29, 0.717) is 12.1 Å². The van der Waals surface area contributed by atoms with Gasteiger partial charge in [-0.1, -0.05) is 25.0 Å². The molecule has 0 saturated heterocycles. The van der Waals surface area contributed by atoms with E-state index in [4.69, 9.17) is 0 Å². The van der Waals surface area contributed by atoms with Crippen LogP contribution in [-0.4, -0.2) is 30.6 Å². The summed E-state index contributed by atoms with van der Waals surface area (Å²) in [5.41, 5.74) is 2.09. The van der Waals surface area contributed by atoms with Crippen molar-refractivity contribution >= 4 is 11.7 Å². The summed E-state index contributed by atoms with van der Waals surface area (Å²) >= 11 is 0. The van der Waals surface area contributed by atoms with Crippen LogP contribution in [0.2, 0.25) is 0 Å². The lowest BCUT2D eigenvalue weighted by atomic mass is 10.1. The smallest absolute Gasteiger partial charge is 0.322 e. The maximum atomic E-state index is 12.4. The molecular formula is C17H27N3O. The topological polar surface area (TPSA) is 44.4 Å². The number of nitrogens with one attached hydrogen (secondary N) is 2. The summed E-state index contributed by atoms with van der Waals surface area (Å²) in [4.78, 5) is 14.4. The molecule has 1 aromatic carbocycles. The maximum Gasteiger partial charge on any atom is 0.322 e. The fourth-order valence-electron chi connectivity index (χ4n) is 3.00. The van der Waals surface area contributed by atoms with Gasteiger partial charge >= 0.3 is 6.03 Å². The maximum absolute atomic E-state index is 12.4. The average molecular weight is 289 g/mol. The number of hydrogen-bond donors (Lipinski definition) is 2. The Morgan fingerprint density at radius 2 is 1.90 bits per heavy atom. The summed E-state index contributed by atoms with van der Waals surface area (Å²) in [5, 5.41) is 6.23. The van der Waals surface area contributed by atoms with Gasteiger partial charge in [-0.2, -0.15) is 0 Å². The molecule has 2 N–H and O–H groups in total. The molecule has 0 aromatic heterocycles. The van der Waals surface area contributed by atoms with Crippen LogP contribution in [0.5, 0.6) is 0 Å². The van der Waals surface area contributed by atoms with Crippen molar-refractivity contribution in [3.8, 4) is 0 Å². The van der Waals surface area contributed by atoms with E-state index in [0.717, 1.165) is 25.1 Å². The number of carbonyl (C=O) groups excluding carboxylic acids is 1. The molecule has 1 fully saturated rings. The lowest BCUT2D eigenvalue weighted by molar-refractivity contribution is 0.192. The van der Waals surface area contributed by atoms with Gasteiger partial charge in [-0.15, -0.1) is 0 Å². The van der Waals surface area contributed by atoms with Gasteiger partial charge in [-0.05, 0) is 51.4 Å². The minimum atomic E-state index is 0.0267. The van der Waals surface area contributed by atoms with Gasteiger partial charge in [-0.25, -0.2) is 4.79 Å². The molecule has 2 amide bonds. The van der Waals surface area contributed by atoms with Crippen LogP contribution in [0.1, 0.15) is 51.1 Å². The van der Waals surface area contributed by atoms with Crippen LogP contribution in [-0.2, 0) is 0 Å². The molecule has 0 bridgehead atoms. The first kappa shape index (κ1) is 15.8. The summed E-state index contributed by atoms with van der Waals surface area (Å²) in [6, 6.07) is 8.83. The highest BCUT2D eigenvalue weighted by Gasteiger charge is 2.25. The zero-order valence-corrected chi connectivity index (χ0v) is 13.4. The van der Waals surface area contributed by atoms with E-state index in [9.17, 15) is 4.79 Å². The van der Waals surface area contributed by atoms with Crippen LogP contribution in [0.15, 0.2) is 24.3 Å². The largest absolute Gasteiger partial charge is 0.322 e. The first-order valence-electron chi connectivity index (χ1n) is 8.00. The van der Waals surface area contributed by atoms with Crippen molar-refractivity contribution in [1.29, 1.82) is 0 Å². The van der Waals surface area contributed by atoms with Crippen molar-refractivity contribution in [2.24, 2.45) is 0 Å². The van der Waals surface area contributed by atoms with Gasteiger partial charge in [-0.3, -0.25) is 0 Å². The molecule has 1 saturated carbocycles. The summed E-state index contributed by atoms with van der Waals surface area (Å²) in [6.45, 7) is 4.94. The number of carbonyl (C=O) groups is 1. The molecule has 1 aliphatic carbocycles. The average Bonchev–Trinajstić information content (AvgIpc) is 3.02. The Hall–Kier alpha value is -1.55. The second-order valence-corrected chi connectivity index (χ2v) is 5.79. The summed E-state index contributed by atoms with van der Waals surface area (Å²) in [6.07, 6.45) is 4.76. The molecule has 1 atom stereocenters. The highest BCUT2D eigenvalue weighted by atomic mass is 16.2. The van der Waals surface area contributed by atoms with Crippen molar-refractivity contribution in [2.45, 2.75) is 51.6 Å². The summed E-state index contributed by atoms with van der Waals surface area (Å²) in [5.74, 6) is 0. The van der Waals surface area contributed by atoms with Crippen molar-refractivity contribution in [3.05, 3.63) is 29.8 Å². The third-order valence-electron chi connectivity index (χ3n) is 4.46. The Kier molecular flexibility index (Phi) is 5.62. The zero-order chi connectivity index (χ0) is 15.2. The highest BCUT2D eigenvalue weighted by Crippen LogP contribution is 2.24. The Morgan fingerprint density at radius 1 is 1.29 bits per heavy atom. The number of rotatable bonds is 5. The standard InChI is InChI=1S/C17H27N3O/c1-4-20(16-7-5-6-8-16)17(21)19-15-11-9-14(10-12-15)13(2)18-3/h9-13,16,18H,4-8H2,1-3H3,(H,19,21). The van der Waals surface area contributed by atoms with Gasteiger partial charge in [0, 0.05) is 24.3 Å². The van der Waals surface area contributed by atoms with Gasteiger partial charge in [0.1, 0.15) is 0 Å². The number of amides is 2. The van der Waals surface area contributed by atoms with E-state index in [-0.39, 0.29) is 6.03 Å². The van der Waals surface area contributed by atoms with Gasteiger partial charge in [0.05, 0.1) is 0 Å². The Labute approximate surface area is 127 Å². The number of anilines is 1. The van der Waals surface area contributed by atoms with E-state index < -0.39 is 0 Å². The quantitative estimate of drug-likeness (QED) is 0.866. The molecule has 116 valence electrons. The SMILES string of the molecule is CCN(C(=O)Nc1ccc(C(C)NC)cc1)C1CCCC1. The summed E-state index contributed by atoms with van der Waals surface area (Å²) < 4.78 is 0. The minimum absolute atomic E-state index is 0.0267. The Balaban J connectivity index is 1.97. The third-order valence-corrected chi connectivity index (χ3v) is 4.46. The van der Waals surface area contributed by atoms with Gasteiger partial charge in [0.25, 0.3) is 0 Å². The number of hydrogen-bond acceptors (Lipinski definition) is 2. The fraction of sp³-hybridized carbons (Fsp3) is 0.588. The molecule has 0 spiro atoms. The van der Waals surface area contributed by atoms with Crippen LogP contribution < -0.4 is 10.6 Å². The molecule has 21 heavy (non-hydrogen) atoms. The minimum Gasteiger partial charge on any atom is -0.322 e. The van der Waals surface area contributed by atoms with Crippen molar-refractivity contribution in [2.75, 3.05) is 18.9 Å². The molecule has 1 unspecified atom stereocenters. The second kappa shape index (κ2) is 7.46. The molecule has 4 heteroatoms. The molecule has 0 radical (unpaired) electrons. The van der Waals surface area contributed by atoms with Crippen molar-refractivity contribution in [1.82, 2.24) is 10.2 Å². The highest BCUT2D eigenvalue weighted by molar-refractivity contribution is 5.89. The fourth-order valence-corrected chi connectivity index (χ4v) is 3.00. The van der Waals surface area contributed by atoms with E-state index in [1.165, 1.54) is 18.4 Å². The first-order valence-corrected chi connectivity index (χ1v) is 8.00. The molecular weight excluding hydrogens is 262 g/mol. The molecule has 0 heterocycles. The van der Waals surface area contributed by atoms with Crippen LogP contribution in [0.3, 0.4) is 0 Å². The first-order chi connectivity index (χ1) is 10.2. The van der Waals surface area contributed by atoms with E-state index >= 15 is 0 Å². The summed E-state index contributed by atoms with van der Waals surface area (Å²) in [7, 11) is 1.95. The van der Waals surface area contributed by atoms with Crippen LogP contribution in [0.4, 0.5) is 10.5 Å². The Morgan fingerprint density at radius 3 is 2.43 bits per heavy atom. The molecule has 4 nitrogen and oxygen atoms in total. The van der Waals surface area contributed by atoms with Crippen LogP contribution >= 0.6 is 0 Å². The van der Waals surface area contributed by atoms with Gasteiger partial charge < -0.3 is 15.5 Å². The Bertz CT molecular complexity index is 452. The van der Waals surface area contributed by atoms with Crippen LogP contribution in [0.25, 0.3) is 0 Å². The van der Waals surface area contributed by atoms with Gasteiger partial charge in [0.15, 0.2) is 0 Å². The molecule has 1 aromatic rings. The number of benzene rings is 1. The second-order valence-electron chi connectivity index (χ2n) is 5.79. The van der Waals surface area contributed by atoms with Crippen LogP contribution in [0, 0.1) is 0 Å². The van der Waals surface area contributed by atoms with Crippen molar-refractivity contribution in [3.63, 3.8) is 0 Å². The molecule has 1 aliphatic rings. The predicted molar refractivity (Wildman–Crippen MR) is 87.6 cm³/mol. The lowest BCUT2D eigenvalue weighted by Crippen LogP contribution is -2.41. The third kappa shape index (κ3) is 3.97. The molecule has 2 rings (SSSR count).